The molecule has 17 heavy (non-hydrogen) atoms. The van der Waals surface area contributed by atoms with E-state index in [0.29, 0.717) is 0 Å². The number of carboxylic acids is 2. The van der Waals surface area contributed by atoms with Crippen molar-refractivity contribution in [3.8, 4) is 5.75 Å². The lowest BCUT2D eigenvalue weighted by molar-refractivity contribution is -0.143. The lowest BCUT2D eigenvalue weighted by atomic mass is 9.90. The number of aromatic hydroxyl groups is 1. The van der Waals surface area contributed by atoms with E-state index in [2.05, 4.69) is 0 Å². The fourth-order valence-electron chi connectivity index (χ4n) is 1.34. The molecule has 0 fully saturated rings. The summed E-state index contributed by atoms with van der Waals surface area (Å²) in [7, 11) is 0. The van der Waals surface area contributed by atoms with E-state index < -0.39 is 28.8 Å². The normalized spacial score (nSPS) is 14.1. The molecule has 1 rings (SSSR count). The van der Waals surface area contributed by atoms with Crippen LogP contribution in [0.25, 0.3) is 0 Å². The van der Waals surface area contributed by atoms with E-state index in [1.165, 1.54) is 6.07 Å². The third-order valence-electron chi connectivity index (χ3n) is 2.32. The fraction of sp³-hybridized carbons (Fsp3) is 0.200. The Morgan fingerprint density at radius 2 is 1.88 bits per heavy atom. The van der Waals surface area contributed by atoms with Crippen molar-refractivity contribution in [2.75, 3.05) is 0 Å². The van der Waals surface area contributed by atoms with Crippen molar-refractivity contribution in [1.82, 2.24) is 0 Å². The highest BCUT2D eigenvalue weighted by Crippen LogP contribution is 2.36. The smallest absolute Gasteiger partial charge is 0.339 e. The molecule has 92 valence electrons. The zero-order valence-corrected chi connectivity index (χ0v) is 9.52. The van der Waals surface area contributed by atoms with E-state index in [-0.39, 0.29) is 10.6 Å². The molecule has 0 saturated heterocycles. The Kier molecular flexibility index (Phi) is 3.30. The second-order valence-corrected chi connectivity index (χ2v) is 4.04. The van der Waals surface area contributed by atoms with Crippen LogP contribution in [-0.4, -0.2) is 27.3 Å². The van der Waals surface area contributed by atoms with Crippen molar-refractivity contribution < 1.29 is 24.9 Å². The minimum absolute atomic E-state index is 0.111. The SMILES string of the molecule is C[C@](N)(C(=O)O)c1c(Cl)ccc(C(=O)O)c1O. The maximum Gasteiger partial charge on any atom is 0.339 e. The topological polar surface area (TPSA) is 121 Å². The predicted molar refractivity (Wildman–Crippen MR) is 59.3 cm³/mol. The summed E-state index contributed by atoms with van der Waals surface area (Å²) in [6.45, 7) is 1.11. The van der Waals surface area contributed by atoms with Crippen molar-refractivity contribution in [2.24, 2.45) is 5.73 Å². The Labute approximate surface area is 101 Å². The summed E-state index contributed by atoms with van der Waals surface area (Å²) in [6.07, 6.45) is 0. The number of benzene rings is 1. The molecule has 1 aromatic carbocycles. The second kappa shape index (κ2) is 4.23. The summed E-state index contributed by atoms with van der Waals surface area (Å²) in [6, 6.07) is 2.25. The van der Waals surface area contributed by atoms with Gasteiger partial charge in [-0.2, -0.15) is 0 Å². The van der Waals surface area contributed by atoms with Gasteiger partial charge in [0.2, 0.25) is 0 Å². The van der Waals surface area contributed by atoms with Gasteiger partial charge in [0.1, 0.15) is 16.9 Å². The summed E-state index contributed by atoms with van der Waals surface area (Å²) in [5.41, 5.74) is 2.75. The van der Waals surface area contributed by atoms with Crippen LogP contribution in [-0.2, 0) is 10.3 Å². The summed E-state index contributed by atoms with van der Waals surface area (Å²) in [4.78, 5) is 21.8. The Bertz CT molecular complexity index is 498. The molecule has 0 saturated carbocycles. The van der Waals surface area contributed by atoms with Crippen LogP contribution in [0.2, 0.25) is 5.02 Å². The van der Waals surface area contributed by atoms with Crippen LogP contribution in [0.5, 0.6) is 5.75 Å². The Morgan fingerprint density at radius 3 is 2.29 bits per heavy atom. The molecule has 0 aliphatic heterocycles. The average molecular weight is 260 g/mol. The molecule has 1 aromatic rings. The monoisotopic (exact) mass is 259 g/mol. The van der Waals surface area contributed by atoms with Gasteiger partial charge in [-0.25, -0.2) is 9.59 Å². The zero-order chi connectivity index (χ0) is 13.4. The number of hydrogen-bond donors (Lipinski definition) is 4. The van der Waals surface area contributed by atoms with Crippen molar-refractivity contribution >= 4 is 23.5 Å². The molecule has 0 aliphatic carbocycles. The number of aromatic carboxylic acids is 1. The van der Waals surface area contributed by atoms with Gasteiger partial charge in [0.15, 0.2) is 0 Å². The van der Waals surface area contributed by atoms with E-state index in [9.17, 15) is 14.7 Å². The number of phenols is 1. The molecular weight excluding hydrogens is 250 g/mol. The molecule has 5 N–H and O–H groups in total. The molecule has 0 unspecified atom stereocenters. The van der Waals surface area contributed by atoms with E-state index in [0.717, 1.165) is 13.0 Å². The summed E-state index contributed by atoms with van der Waals surface area (Å²) in [5.74, 6) is -3.57. The third-order valence-corrected chi connectivity index (χ3v) is 2.64. The van der Waals surface area contributed by atoms with E-state index in [1.807, 2.05) is 0 Å². The number of hydrogen-bond acceptors (Lipinski definition) is 4. The molecule has 0 bridgehead atoms. The molecule has 0 heterocycles. The molecule has 0 aromatic heterocycles. The lowest BCUT2D eigenvalue weighted by Gasteiger charge is -2.22. The largest absolute Gasteiger partial charge is 0.507 e. The van der Waals surface area contributed by atoms with E-state index in [4.69, 9.17) is 27.5 Å². The van der Waals surface area contributed by atoms with Gasteiger partial charge in [0.05, 0.1) is 0 Å². The number of nitrogens with two attached hydrogens (primary N) is 1. The molecule has 0 radical (unpaired) electrons. The molecule has 0 amide bonds. The Balaban J connectivity index is 3.58. The second-order valence-electron chi connectivity index (χ2n) is 3.63. The Morgan fingerprint density at radius 1 is 1.35 bits per heavy atom. The first-order valence-corrected chi connectivity index (χ1v) is 4.85. The molecular formula is C10H10ClNO5. The fourth-order valence-corrected chi connectivity index (χ4v) is 1.69. The number of carbonyl (C=O) groups is 2. The third kappa shape index (κ3) is 2.17. The molecule has 6 nitrogen and oxygen atoms in total. The minimum atomic E-state index is -1.98. The summed E-state index contributed by atoms with van der Waals surface area (Å²) in [5, 5.41) is 27.3. The highest BCUT2D eigenvalue weighted by molar-refractivity contribution is 6.32. The summed E-state index contributed by atoms with van der Waals surface area (Å²) < 4.78 is 0. The van der Waals surface area contributed by atoms with Gasteiger partial charge in [0, 0.05) is 10.6 Å². The number of aliphatic carboxylic acids is 1. The highest BCUT2D eigenvalue weighted by Gasteiger charge is 2.36. The number of carboxylic acid groups (broad SMARTS) is 2. The van der Waals surface area contributed by atoms with Crippen molar-refractivity contribution in [3.63, 3.8) is 0 Å². The number of rotatable bonds is 3. The van der Waals surface area contributed by atoms with Crippen LogP contribution in [0.3, 0.4) is 0 Å². The van der Waals surface area contributed by atoms with Crippen LogP contribution in [0.4, 0.5) is 0 Å². The van der Waals surface area contributed by atoms with Gasteiger partial charge in [0.25, 0.3) is 0 Å². The zero-order valence-electron chi connectivity index (χ0n) is 8.77. The first-order chi connectivity index (χ1) is 7.69. The van der Waals surface area contributed by atoms with Gasteiger partial charge in [-0.05, 0) is 19.1 Å². The first kappa shape index (κ1) is 13.3. The quantitative estimate of drug-likeness (QED) is 0.643. The van der Waals surface area contributed by atoms with Gasteiger partial charge in [-0.1, -0.05) is 11.6 Å². The predicted octanol–water partition coefficient (Wildman–Crippen LogP) is 1.00. The maximum absolute atomic E-state index is 11.0. The molecule has 1 atom stereocenters. The first-order valence-electron chi connectivity index (χ1n) is 4.47. The van der Waals surface area contributed by atoms with Crippen LogP contribution in [0.1, 0.15) is 22.8 Å². The van der Waals surface area contributed by atoms with Gasteiger partial charge in [-0.15, -0.1) is 0 Å². The average Bonchev–Trinajstić information content (AvgIpc) is 2.16. The highest BCUT2D eigenvalue weighted by atomic mass is 35.5. The van der Waals surface area contributed by atoms with Gasteiger partial charge < -0.3 is 21.1 Å². The van der Waals surface area contributed by atoms with Crippen LogP contribution in [0, 0.1) is 0 Å². The Hall–Kier alpha value is -1.79. The van der Waals surface area contributed by atoms with E-state index in [1.54, 1.807) is 0 Å². The number of halogens is 1. The summed E-state index contributed by atoms with van der Waals surface area (Å²) >= 11 is 5.74. The minimum Gasteiger partial charge on any atom is -0.507 e. The van der Waals surface area contributed by atoms with Crippen LogP contribution >= 0.6 is 11.6 Å². The van der Waals surface area contributed by atoms with Gasteiger partial charge >= 0.3 is 11.9 Å². The van der Waals surface area contributed by atoms with Crippen LogP contribution < -0.4 is 5.73 Å². The van der Waals surface area contributed by atoms with Crippen molar-refractivity contribution in [2.45, 2.75) is 12.5 Å². The standard InChI is InChI=1S/C10H10ClNO5/c1-10(12,9(16)17)6-5(11)3-2-4(7(6)13)8(14)15/h2-3,13H,12H2,1H3,(H,14,15)(H,16,17)/t10-/m1/s1. The van der Waals surface area contributed by atoms with Gasteiger partial charge in [-0.3, -0.25) is 0 Å². The molecule has 7 heteroatoms. The van der Waals surface area contributed by atoms with Crippen LogP contribution in [0.15, 0.2) is 12.1 Å². The van der Waals surface area contributed by atoms with E-state index >= 15 is 0 Å². The van der Waals surface area contributed by atoms with Crippen molar-refractivity contribution in [3.05, 3.63) is 28.3 Å². The molecule has 0 aliphatic rings. The lowest BCUT2D eigenvalue weighted by Crippen LogP contribution is -2.42. The van der Waals surface area contributed by atoms with Crippen molar-refractivity contribution in [1.29, 1.82) is 0 Å². The molecule has 0 spiro atoms. The maximum atomic E-state index is 11.0.